The number of aromatic nitrogens is 2. The van der Waals surface area contributed by atoms with Crippen LogP contribution in [-0.2, 0) is 4.74 Å². The molecule has 0 N–H and O–H groups in total. The number of thiazole rings is 1. The summed E-state index contributed by atoms with van der Waals surface area (Å²) in [4.78, 5) is 23.9. The Hall–Kier alpha value is -2.29. The molecule has 8 heteroatoms. The number of hydrogen-bond acceptors (Lipinski definition) is 6. The highest BCUT2D eigenvalue weighted by Crippen LogP contribution is 2.30. The smallest absolute Gasteiger partial charge is 0.261 e. The first-order chi connectivity index (χ1) is 14.1. The molecule has 0 spiro atoms. The maximum atomic E-state index is 13.3. The Labute approximate surface area is 181 Å². The van der Waals surface area contributed by atoms with Crippen molar-refractivity contribution in [3.05, 3.63) is 58.0 Å². The highest BCUT2D eigenvalue weighted by atomic mass is 79.9. The van der Waals surface area contributed by atoms with Crippen LogP contribution in [0.2, 0.25) is 0 Å². The van der Waals surface area contributed by atoms with Gasteiger partial charge in [-0.25, -0.2) is 9.97 Å². The van der Waals surface area contributed by atoms with Crippen LogP contribution in [0.25, 0.3) is 11.3 Å². The van der Waals surface area contributed by atoms with Gasteiger partial charge in [0.05, 0.1) is 31.0 Å². The van der Waals surface area contributed by atoms with Gasteiger partial charge in [-0.1, -0.05) is 28.1 Å². The Balaban J connectivity index is 1.62. The molecule has 29 heavy (non-hydrogen) atoms. The third-order valence-electron chi connectivity index (χ3n) is 4.71. The van der Waals surface area contributed by atoms with Gasteiger partial charge in [0.2, 0.25) is 5.88 Å². The van der Waals surface area contributed by atoms with Crippen molar-refractivity contribution in [1.29, 1.82) is 0 Å². The quantitative estimate of drug-likeness (QED) is 0.514. The van der Waals surface area contributed by atoms with Crippen LogP contribution >= 0.6 is 27.3 Å². The normalized spacial score (nSPS) is 16.0. The second-order valence-corrected chi connectivity index (χ2v) is 8.41. The molecular weight excluding hydrogens is 454 g/mol. The Morgan fingerprint density at radius 3 is 2.79 bits per heavy atom. The van der Waals surface area contributed by atoms with Crippen molar-refractivity contribution in [2.24, 2.45) is 0 Å². The summed E-state index contributed by atoms with van der Waals surface area (Å²) >= 11 is 4.90. The monoisotopic (exact) mass is 473 g/mol. The van der Waals surface area contributed by atoms with Gasteiger partial charge in [0.1, 0.15) is 0 Å². The first kappa shape index (κ1) is 20.0. The maximum absolute atomic E-state index is 13.3. The Morgan fingerprint density at radius 1 is 1.31 bits per heavy atom. The van der Waals surface area contributed by atoms with Gasteiger partial charge < -0.3 is 9.47 Å². The Bertz CT molecular complexity index is 970. The van der Waals surface area contributed by atoms with Gasteiger partial charge in [0.15, 0.2) is 5.13 Å². The fourth-order valence-electron chi connectivity index (χ4n) is 3.16. The number of rotatable bonds is 6. The predicted octanol–water partition coefficient (Wildman–Crippen LogP) is 4.80. The summed E-state index contributed by atoms with van der Waals surface area (Å²) in [5.41, 5.74) is 2.34. The fourth-order valence-corrected chi connectivity index (χ4v) is 4.27. The van der Waals surface area contributed by atoms with Crippen molar-refractivity contribution < 1.29 is 14.3 Å². The minimum Gasteiger partial charge on any atom is -0.481 e. The molecule has 1 aromatic carbocycles. The van der Waals surface area contributed by atoms with Gasteiger partial charge in [0.25, 0.3) is 5.91 Å². The number of amides is 1. The second kappa shape index (κ2) is 9.02. The number of anilines is 1. The fraction of sp³-hybridized carbons (Fsp3) is 0.286. The minimum absolute atomic E-state index is 0.0187. The molecular formula is C21H20BrN3O3S. The lowest BCUT2D eigenvalue weighted by atomic mass is 10.2. The van der Waals surface area contributed by atoms with E-state index in [-0.39, 0.29) is 12.0 Å². The largest absolute Gasteiger partial charge is 0.481 e. The molecule has 3 aromatic rings. The van der Waals surface area contributed by atoms with Crippen LogP contribution in [0.3, 0.4) is 0 Å². The number of benzene rings is 1. The summed E-state index contributed by atoms with van der Waals surface area (Å²) in [7, 11) is 1.55. The zero-order valence-corrected chi connectivity index (χ0v) is 18.3. The van der Waals surface area contributed by atoms with E-state index in [4.69, 9.17) is 14.5 Å². The second-order valence-electron chi connectivity index (χ2n) is 6.66. The van der Waals surface area contributed by atoms with Gasteiger partial charge in [-0.05, 0) is 31.0 Å². The van der Waals surface area contributed by atoms with E-state index in [1.165, 1.54) is 17.5 Å². The van der Waals surface area contributed by atoms with Gasteiger partial charge in [-0.3, -0.25) is 9.69 Å². The number of hydrogen-bond donors (Lipinski definition) is 0. The van der Waals surface area contributed by atoms with E-state index in [0.29, 0.717) is 23.1 Å². The maximum Gasteiger partial charge on any atom is 0.261 e. The molecule has 0 radical (unpaired) electrons. The van der Waals surface area contributed by atoms with Crippen molar-refractivity contribution in [3.8, 4) is 17.1 Å². The molecule has 1 aliphatic heterocycles. The van der Waals surface area contributed by atoms with Crippen molar-refractivity contribution in [2.75, 3.05) is 25.2 Å². The third kappa shape index (κ3) is 4.66. The topological polar surface area (TPSA) is 64.5 Å². The van der Waals surface area contributed by atoms with Crippen LogP contribution in [0, 0.1) is 0 Å². The van der Waals surface area contributed by atoms with Gasteiger partial charge in [-0.15, -0.1) is 11.3 Å². The molecule has 0 bridgehead atoms. The van der Waals surface area contributed by atoms with E-state index >= 15 is 0 Å². The first-order valence-electron chi connectivity index (χ1n) is 9.29. The van der Waals surface area contributed by atoms with Gasteiger partial charge >= 0.3 is 0 Å². The molecule has 1 atom stereocenters. The van der Waals surface area contributed by atoms with Gasteiger partial charge in [-0.2, -0.15) is 0 Å². The number of ether oxygens (including phenoxy) is 2. The van der Waals surface area contributed by atoms with Gasteiger partial charge in [0, 0.05) is 34.3 Å². The number of nitrogens with zero attached hydrogens (tertiary/aromatic N) is 3. The molecule has 0 saturated carbocycles. The number of carbonyl (C=O) groups excluding carboxylic acids is 1. The van der Waals surface area contributed by atoms with Crippen molar-refractivity contribution in [1.82, 2.24) is 9.97 Å². The van der Waals surface area contributed by atoms with E-state index in [1.807, 2.05) is 29.6 Å². The van der Waals surface area contributed by atoms with E-state index < -0.39 is 0 Å². The summed E-state index contributed by atoms with van der Waals surface area (Å²) in [6.45, 7) is 1.21. The number of carbonyl (C=O) groups is 1. The number of halogens is 1. The standard InChI is InChI=1S/C21H20BrN3O3S/c1-27-19-9-6-15(11-23-19)20(26)25(12-17-3-2-10-28-17)21-24-18(13-29-21)14-4-7-16(22)8-5-14/h4-9,11,13,17H,2-3,10,12H2,1H3. The zero-order valence-electron chi connectivity index (χ0n) is 15.9. The van der Waals surface area contributed by atoms with Crippen LogP contribution in [0.4, 0.5) is 5.13 Å². The lowest BCUT2D eigenvalue weighted by Gasteiger charge is -2.23. The van der Waals surface area contributed by atoms with Crippen molar-refractivity contribution in [2.45, 2.75) is 18.9 Å². The van der Waals surface area contributed by atoms with Crippen LogP contribution in [0.15, 0.2) is 52.4 Å². The van der Waals surface area contributed by atoms with Crippen LogP contribution < -0.4 is 9.64 Å². The molecule has 2 aromatic heterocycles. The molecule has 1 amide bonds. The molecule has 6 nitrogen and oxygen atoms in total. The highest BCUT2D eigenvalue weighted by Gasteiger charge is 2.27. The summed E-state index contributed by atoms with van der Waals surface area (Å²) < 4.78 is 11.9. The summed E-state index contributed by atoms with van der Waals surface area (Å²) in [6.07, 6.45) is 3.51. The average molecular weight is 474 g/mol. The molecule has 1 aliphatic rings. The van der Waals surface area contributed by atoms with E-state index in [2.05, 4.69) is 20.9 Å². The molecule has 4 rings (SSSR count). The molecule has 3 heterocycles. The molecule has 150 valence electrons. The summed E-state index contributed by atoms with van der Waals surface area (Å²) in [5.74, 6) is 0.325. The average Bonchev–Trinajstić information content (AvgIpc) is 3.44. The molecule has 1 fully saturated rings. The van der Waals surface area contributed by atoms with E-state index in [9.17, 15) is 4.79 Å². The van der Waals surface area contributed by atoms with Crippen LogP contribution in [0.1, 0.15) is 23.2 Å². The molecule has 1 unspecified atom stereocenters. The predicted molar refractivity (Wildman–Crippen MR) is 117 cm³/mol. The van der Waals surface area contributed by atoms with E-state index in [0.717, 1.165) is 35.2 Å². The summed E-state index contributed by atoms with van der Waals surface area (Å²) in [5, 5.41) is 2.62. The lowest BCUT2D eigenvalue weighted by molar-refractivity contribution is 0.0917. The zero-order chi connectivity index (χ0) is 20.2. The SMILES string of the molecule is COc1ccc(C(=O)N(CC2CCCO2)c2nc(-c3ccc(Br)cc3)cs2)cn1. The summed E-state index contributed by atoms with van der Waals surface area (Å²) in [6, 6.07) is 11.4. The number of methoxy groups -OCH3 is 1. The molecule has 1 saturated heterocycles. The Kier molecular flexibility index (Phi) is 6.22. The minimum atomic E-state index is -0.146. The molecule has 0 aliphatic carbocycles. The highest BCUT2D eigenvalue weighted by molar-refractivity contribution is 9.10. The number of pyridine rings is 1. The Morgan fingerprint density at radius 2 is 2.14 bits per heavy atom. The van der Waals surface area contributed by atoms with Crippen LogP contribution in [-0.4, -0.2) is 42.2 Å². The van der Waals surface area contributed by atoms with Crippen molar-refractivity contribution in [3.63, 3.8) is 0 Å². The van der Waals surface area contributed by atoms with E-state index in [1.54, 1.807) is 24.1 Å². The third-order valence-corrected chi connectivity index (χ3v) is 6.10. The lowest BCUT2D eigenvalue weighted by Crippen LogP contribution is -2.37. The van der Waals surface area contributed by atoms with Crippen LogP contribution in [0.5, 0.6) is 5.88 Å². The van der Waals surface area contributed by atoms with Crippen molar-refractivity contribution >= 4 is 38.3 Å². The first-order valence-corrected chi connectivity index (χ1v) is 11.0.